The molecule has 33 heavy (non-hydrogen) atoms. The van der Waals surface area contributed by atoms with Gasteiger partial charge in [0.25, 0.3) is 5.91 Å². The summed E-state index contributed by atoms with van der Waals surface area (Å²) in [5.41, 5.74) is 0.0987. The summed E-state index contributed by atoms with van der Waals surface area (Å²) in [5, 5.41) is 2.92. The third kappa shape index (κ3) is 5.82. The number of rotatable bonds is 7. The summed E-state index contributed by atoms with van der Waals surface area (Å²) in [4.78, 5) is 24.5. The number of esters is 1. The molecule has 178 valence electrons. The van der Waals surface area contributed by atoms with Crippen LogP contribution in [0, 0.1) is 5.82 Å². The lowest BCUT2D eigenvalue weighted by atomic mass is 10.2. The van der Waals surface area contributed by atoms with E-state index in [1.807, 2.05) is 0 Å². The Morgan fingerprint density at radius 1 is 1.12 bits per heavy atom. The number of carbonyl (C=O) groups excluding carboxylic acids is 2. The van der Waals surface area contributed by atoms with Gasteiger partial charge in [-0.3, -0.25) is 4.79 Å². The van der Waals surface area contributed by atoms with Crippen LogP contribution in [-0.4, -0.2) is 50.9 Å². The van der Waals surface area contributed by atoms with Gasteiger partial charge < -0.3 is 14.8 Å². The van der Waals surface area contributed by atoms with E-state index in [1.54, 1.807) is 12.1 Å². The Bertz CT molecular complexity index is 1150. The van der Waals surface area contributed by atoms with Gasteiger partial charge in [0.15, 0.2) is 6.10 Å². The Labute approximate surface area is 196 Å². The van der Waals surface area contributed by atoms with Crippen molar-refractivity contribution in [1.82, 2.24) is 4.31 Å². The van der Waals surface area contributed by atoms with Gasteiger partial charge in [-0.1, -0.05) is 18.0 Å². The fourth-order valence-corrected chi connectivity index (χ4v) is 5.15. The fourth-order valence-electron chi connectivity index (χ4n) is 3.37. The highest BCUT2D eigenvalue weighted by Gasteiger charge is 2.30. The first-order valence-corrected chi connectivity index (χ1v) is 12.1. The second kappa shape index (κ2) is 10.5. The van der Waals surface area contributed by atoms with Crippen molar-refractivity contribution >= 4 is 39.2 Å². The van der Waals surface area contributed by atoms with Crippen LogP contribution in [0.15, 0.2) is 41.3 Å². The molecule has 0 aromatic heterocycles. The number of carbonyl (C=O) groups is 2. The van der Waals surface area contributed by atoms with Gasteiger partial charge in [0.1, 0.15) is 16.5 Å². The standard InChI is InChI=1S/C22H24ClFN2O6S/c1-14(21(27)25-18-13-16(23)7-9-19(18)31-2)32-22(28)15-6-8-17(24)20(12-15)33(29,30)26-10-4-3-5-11-26/h6-9,12-14H,3-5,10-11H2,1-2H3,(H,25,27). The molecule has 1 aliphatic rings. The second-order valence-electron chi connectivity index (χ2n) is 7.49. The lowest BCUT2D eigenvalue weighted by Crippen LogP contribution is -2.36. The molecule has 1 aliphatic heterocycles. The van der Waals surface area contributed by atoms with Gasteiger partial charge in [0.2, 0.25) is 10.0 Å². The van der Waals surface area contributed by atoms with Gasteiger partial charge in [-0.05, 0) is 56.2 Å². The van der Waals surface area contributed by atoms with Gasteiger partial charge >= 0.3 is 5.97 Å². The Hall–Kier alpha value is -2.69. The molecule has 0 bridgehead atoms. The van der Waals surface area contributed by atoms with Gasteiger partial charge in [-0.25, -0.2) is 17.6 Å². The maximum Gasteiger partial charge on any atom is 0.338 e. The van der Waals surface area contributed by atoms with Crippen molar-refractivity contribution in [2.24, 2.45) is 0 Å². The van der Waals surface area contributed by atoms with Crippen molar-refractivity contribution in [3.05, 3.63) is 52.8 Å². The number of benzene rings is 2. The highest BCUT2D eigenvalue weighted by atomic mass is 35.5. The zero-order valence-corrected chi connectivity index (χ0v) is 19.7. The van der Waals surface area contributed by atoms with E-state index >= 15 is 0 Å². The number of amides is 1. The lowest BCUT2D eigenvalue weighted by Gasteiger charge is -2.26. The molecule has 1 heterocycles. The van der Waals surface area contributed by atoms with E-state index in [2.05, 4.69) is 5.32 Å². The van der Waals surface area contributed by atoms with Crippen LogP contribution in [0.3, 0.4) is 0 Å². The number of hydrogen-bond acceptors (Lipinski definition) is 6. The molecule has 0 saturated carbocycles. The number of nitrogens with zero attached hydrogens (tertiary/aromatic N) is 1. The molecule has 11 heteroatoms. The Kier molecular flexibility index (Phi) is 7.93. The number of halogens is 2. The zero-order valence-electron chi connectivity index (χ0n) is 18.1. The van der Waals surface area contributed by atoms with Crippen molar-refractivity contribution in [2.75, 3.05) is 25.5 Å². The summed E-state index contributed by atoms with van der Waals surface area (Å²) in [5.74, 6) is -2.23. The molecule has 8 nitrogen and oxygen atoms in total. The predicted octanol–water partition coefficient (Wildman–Crippen LogP) is 3.85. The molecule has 0 aliphatic carbocycles. The minimum atomic E-state index is -4.10. The van der Waals surface area contributed by atoms with E-state index in [-0.39, 0.29) is 11.3 Å². The molecule has 0 radical (unpaired) electrons. The maximum absolute atomic E-state index is 14.4. The van der Waals surface area contributed by atoms with E-state index < -0.39 is 38.7 Å². The molecule has 1 saturated heterocycles. The summed E-state index contributed by atoms with van der Waals surface area (Å²) < 4.78 is 51.6. The van der Waals surface area contributed by atoms with Crippen LogP contribution in [0.4, 0.5) is 10.1 Å². The van der Waals surface area contributed by atoms with E-state index in [0.29, 0.717) is 36.7 Å². The summed E-state index contributed by atoms with van der Waals surface area (Å²) in [6.45, 7) is 1.93. The summed E-state index contributed by atoms with van der Waals surface area (Å²) in [6, 6.07) is 7.57. The highest BCUT2D eigenvalue weighted by Crippen LogP contribution is 2.28. The Balaban J connectivity index is 1.74. The van der Waals surface area contributed by atoms with E-state index in [1.165, 1.54) is 24.4 Å². The molecule has 3 rings (SSSR count). The zero-order chi connectivity index (χ0) is 24.2. The van der Waals surface area contributed by atoms with Crippen molar-refractivity contribution < 1.29 is 31.9 Å². The van der Waals surface area contributed by atoms with E-state index in [9.17, 15) is 22.4 Å². The van der Waals surface area contributed by atoms with E-state index in [0.717, 1.165) is 24.6 Å². The molecule has 1 N–H and O–H groups in total. The van der Waals surface area contributed by atoms with Crippen LogP contribution >= 0.6 is 11.6 Å². The Morgan fingerprint density at radius 3 is 2.48 bits per heavy atom. The van der Waals surface area contributed by atoms with Crippen molar-refractivity contribution in [2.45, 2.75) is 37.2 Å². The van der Waals surface area contributed by atoms with Gasteiger partial charge in [0.05, 0.1) is 18.4 Å². The normalized spacial score (nSPS) is 15.5. The first-order chi connectivity index (χ1) is 15.6. The van der Waals surface area contributed by atoms with Crippen molar-refractivity contribution in [3.63, 3.8) is 0 Å². The van der Waals surface area contributed by atoms with Crippen LogP contribution in [-0.2, 0) is 19.6 Å². The van der Waals surface area contributed by atoms with Crippen LogP contribution in [0.1, 0.15) is 36.5 Å². The number of nitrogens with one attached hydrogen (secondary N) is 1. The minimum absolute atomic E-state index is 0.188. The number of hydrogen-bond donors (Lipinski definition) is 1. The summed E-state index contributed by atoms with van der Waals surface area (Å²) in [6.07, 6.45) is 1.04. The smallest absolute Gasteiger partial charge is 0.338 e. The maximum atomic E-state index is 14.4. The van der Waals surface area contributed by atoms with Gasteiger partial charge in [0, 0.05) is 18.1 Å². The lowest BCUT2D eigenvalue weighted by molar-refractivity contribution is -0.123. The van der Waals surface area contributed by atoms with Crippen LogP contribution in [0.2, 0.25) is 5.02 Å². The number of methoxy groups -OCH3 is 1. The summed E-state index contributed by atoms with van der Waals surface area (Å²) in [7, 11) is -2.68. The molecule has 1 amide bonds. The fraction of sp³-hybridized carbons (Fsp3) is 0.364. The van der Waals surface area contributed by atoms with Crippen LogP contribution in [0.25, 0.3) is 0 Å². The molecule has 1 fully saturated rings. The first kappa shape index (κ1) is 24.9. The summed E-state index contributed by atoms with van der Waals surface area (Å²) >= 11 is 5.95. The first-order valence-electron chi connectivity index (χ1n) is 10.3. The topological polar surface area (TPSA) is 102 Å². The van der Waals surface area contributed by atoms with Crippen molar-refractivity contribution in [1.29, 1.82) is 0 Å². The quantitative estimate of drug-likeness (QED) is 0.582. The number of sulfonamides is 1. The third-order valence-corrected chi connectivity index (χ3v) is 7.32. The molecule has 2 aromatic carbocycles. The highest BCUT2D eigenvalue weighted by molar-refractivity contribution is 7.89. The average Bonchev–Trinajstić information content (AvgIpc) is 2.79. The van der Waals surface area contributed by atoms with E-state index in [4.69, 9.17) is 21.1 Å². The van der Waals surface area contributed by atoms with Crippen molar-refractivity contribution in [3.8, 4) is 5.75 Å². The minimum Gasteiger partial charge on any atom is -0.495 e. The number of anilines is 1. The van der Waals surface area contributed by atoms with Crippen LogP contribution in [0.5, 0.6) is 5.75 Å². The van der Waals surface area contributed by atoms with Gasteiger partial charge in [-0.15, -0.1) is 0 Å². The molecule has 0 spiro atoms. The molecular weight excluding hydrogens is 475 g/mol. The average molecular weight is 499 g/mol. The second-order valence-corrected chi connectivity index (χ2v) is 9.83. The molecule has 1 unspecified atom stereocenters. The number of ether oxygens (including phenoxy) is 2. The van der Waals surface area contributed by atoms with Crippen LogP contribution < -0.4 is 10.1 Å². The number of piperidine rings is 1. The monoisotopic (exact) mass is 498 g/mol. The Morgan fingerprint density at radius 2 is 1.82 bits per heavy atom. The van der Waals surface area contributed by atoms with Gasteiger partial charge in [-0.2, -0.15) is 4.31 Å². The third-order valence-electron chi connectivity index (χ3n) is 5.17. The SMILES string of the molecule is COc1ccc(Cl)cc1NC(=O)C(C)OC(=O)c1ccc(F)c(S(=O)(=O)N2CCCCC2)c1. The molecular formula is C22H24ClFN2O6S. The largest absolute Gasteiger partial charge is 0.495 e. The molecule has 2 aromatic rings. The predicted molar refractivity (Wildman–Crippen MR) is 121 cm³/mol. The molecule has 1 atom stereocenters.